The van der Waals surface area contributed by atoms with Crippen molar-refractivity contribution in [1.29, 1.82) is 0 Å². The molecule has 0 radical (unpaired) electrons. The molecule has 1 heterocycles. The maximum Gasteiger partial charge on any atom is 0.136 e. The first-order valence-corrected chi connectivity index (χ1v) is 18.3. The van der Waals surface area contributed by atoms with Crippen LogP contribution in [0.5, 0.6) is 0 Å². The van der Waals surface area contributed by atoms with Gasteiger partial charge < -0.3 is 9.32 Å². The van der Waals surface area contributed by atoms with E-state index in [1.54, 1.807) is 0 Å². The van der Waals surface area contributed by atoms with Gasteiger partial charge in [0.05, 0.1) is 0 Å². The van der Waals surface area contributed by atoms with Crippen molar-refractivity contribution in [1.82, 2.24) is 0 Å². The first-order valence-electron chi connectivity index (χ1n) is 18.3. The molecule has 0 saturated heterocycles. The van der Waals surface area contributed by atoms with E-state index < -0.39 is 0 Å². The highest BCUT2D eigenvalue weighted by Gasteiger charge is 2.35. The fourth-order valence-electron chi connectivity index (χ4n) is 8.43. The number of rotatable bonds is 6. The Kier molecular flexibility index (Phi) is 7.19. The molecule has 0 amide bonds. The zero-order chi connectivity index (χ0) is 35.5. The molecule has 0 saturated carbocycles. The summed E-state index contributed by atoms with van der Waals surface area (Å²) in [5.41, 5.74) is 17.6. The van der Waals surface area contributed by atoms with Gasteiger partial charge in [0.1, 0.15) is 11.2 Å². The summed E-state index contributed by atoms with van der Waals surface area (Å²) in [6.07, 6.45) is 0. The highest BCUT2D eigenvalue weighted by atomic mass is 16.3. The third-order valence-corrected chi connectivity index (χ3v) is 11.1. The Balaban J connectivity index is 1.11. The number of hydrogen-bond acceptors (Lipinski definition) is 2. The molecule has 1 aliphatic carbocycles. The SMILES string of the molecule is CC1(C)c2ccccc2-c2cc(-c3cccc(N(c4ccc(-c5ccccc5)cc4)c4cccc(-c5cccc6oc7ccccc7c56)c4)c3)ccc21. The second-order valence-electron chi connectivity index (χ2n) is 14.6. The van der Waals surface area contributed by atoms with Crippen LogP contribution in [0, 0.1) is 0 Å². The van der Waals surface area contributed by atoms with E-state index in [4.69, 9.17) is 4.42 Å². The summed E-state index contributed by atoms with van der Waals surface area (Å²) in [5.74, 6) is 0. The molecule has 8 aromatic carbocycles. The highest BCUT2D eigenvalue weighted by molar-refractivity contribution is 6.12. The predicted molar refractivity (Wildman–Crippen MR) is 222 cm³/mol. The molecule has 1 aromatic heterocycles. The minimum absolute atomic E-state index is 0.0207. The van der Waals surface area contributed by atoms with Gasteiger partial charge in [-0.1, -0.05) is 147 Å². The molecule has 0 spiro atoms. The summed E-state index contributed by atoms with van der Waals surface area (Å²) in [4.78, 5) is 2.38. The largest absolute Gasteiger partial charge is 0.456 e. The second-order valence-corrected chi connectivity index (χ2v) is 14.6. The predicted octanol–water partition coefficient (Wildman–Crippen LogP) is 14.4. The van der Waals surface area contributed by atoms with E-state index in [-0.39, 0.29) is 5.41 Å². The smallest absolute Gasteiger partial charge is 0.136 e. The first kappa shape index (κ1) is 31.1. The van der Waals surface area contributed by atoms with Crippen molar-refractivity contribution in [2.75, 3.05) is 4.90 Å². The van der Waals surface area contributed by atoms with Crippen LogP contribution in [0.4, 0.5) is 17.1 Å². The zero-order valence-corrected chi connectivity index (χ0v) is 29.8. The summed E-state index contributed by atoms with van der Waals surface area (Å²) >= 11 is 0. The van der Waals surface area contributed by atoms with E-state index >= 15 is 0 Å². The zero-order valence-electron chi connectivity index (χ0n) is 29.8. The number of fused-ring (bicyclic) bond motifs is 6. The number of para-hydroxylation sites is 1. The second kappa shape index (κ2) is 12.3. The van der Waals surface area contributed by atoms with Gasteiger partial charge in [0.2, 0.25) is 0 Å². The van der Waals surface area contributed by atoms with E-state index in [1.165, 1.54) is 44.5 Å². The van der Waals surface area contributed by atoms with Crippen LogP contribution < -0.4 is 4.90 Å². The Labute approximate surface area is 310 Å². The fourth-order valence-corrected chi connectivity index (χ4v) is 8.43. The monoisotopic (exact) mass is 679 g/mol. The maximum atomic E-state index is 6.28. The molecule has 53 heavy (non-hydrogen) atoms. The van der Waals surface area contributed by atoms with Crippen LogP contribution in [-0.4, -0.2) is 0 Å². The molecular weight excluding hydrogens is 643 g/mol. The summed E-state index contributed by atoms with van der Waals surface area (Å²) in [6, 6.07) is 67.9. The van der Waals surface area contributed by atoms with Crippen molar-refractivity contribution in [3.63, 3.8) is 0 Å². The van der Waals surface area contributed by atoms with Crippen LogP contribution in [0.3, 0.4) is 0 Å². The lowest BCUT2D eigenvalue weighted by Crippen LogP contribution is -2.14. The third kappa shape index (κ3) is 5.18. The Hall–Kier alpha value is -6.64. The number of furan rings is 1. The van der Waals surface area contributed by atoms with Crippen LogP contribution in [0.15, 0.2) is 192 Å². The molecule has 9 aromatic rings. The Bertz CT molecular complexity index is 2810. The molecule has 0 unspecified atom stereocenters. The van der Waals surface area contributed by atoms with Crippen molar-refractivity contribution in [3.05, 3.63) is 199 Å². The minimum atomic E-state index is -0.0207. The number of nitrogens with zero attached hydrogens (tertiary/aromatic N) is 1. The molecule has 0 aliphatic heterocycles. The molecular formula is C51H37NO. The van der Waals surface area contributed by atoms with Crippen LogP contribution in [0.25, 0.3) is 66.4 Å². The molecule has 0 fully saturated rings. The number of anilines is 3. The molecule has 10 rings (SSSR count). The van der Waals surface area contributed by atoms with E-state index in [1.807, 2.05) is 12.1 Å². The molecule has 0 atom stereocenters. The van der Waals surface area contributed by atoms with Crippen LogP contribution in [0.2, 0.25) is 0 Å². The van der Waals surface area contributed by atoms with Crippen LogP contribution >= 0.6 is 0 Å². The summed E-state index contributed by atoms with van der Waals surface area (Å²) in [5, 5.41) is 2.27. The minimum Gasteiger partial charge on any atom is -0.456 e. The summed E-state index contributed by atoms with van der Waals surface area (Å²) < 4.78 is 6.28. The van der Waals surface area contributed by atoms with Crippen molar-refractivity contribution in [3.8, 4) is 44.5 Å². The fraction of sp³-hybridized carbons (Fsp3) is 0.0588. The van der Waals surface area contributed by atoms with Gasteiger partial charge in [0, 0.05) is 33.2 Å². The standard InChI is InChI=1S/C51H37NO/c1-51(2)46-22-8-6-19-43(46)45-33-37(27-30-47(45)51)36-15-10-17-40(31-36)52(39-28-25-35(26-29-39)34-13-4-3-5-14-34)41-18-11-16-38(32-41)42-21-12-24-49-50(42)44-20-7-9-23-48(44)53-49/h3-33H,1-2H3. The maximum absolute atomic E-state index is 6.28. The van der Waals surface area contributed by atoms with Crippen molar-refractivity contribution in [2.24, 2.45) is 0 Å². The normalized spacial score (nSPS) is 12.9. The van der Waals surface area contributed by atoms with Crippen LogP contribution in [0.1, 0.15) is 25.0 Å². The van der Waals surface area contributed by atoms with E-state index in [2.05, 4.69) is 195 Å². The van der Waals surface area contributed by atoms with Gasteiger partial charge in [-0.2, -0.15) is 0 Å². The highest BCUT2D eigenvalue weighted by Crippen LogP contribution is 2.50. The molecule has 252 valence electrons. The van der Waals surface area contributed by atoms with Crippen molar-refractivity contribution < 1.29 is 4.42 Å². The molecule has 1 aliphatic rings. The number of hydrogen-bond donors (Lipinski definition) is 0. The first-order chi connectivity index (χ1) is 26.0. The average molecular weight is 680 g/mol. The van der Waals surface area contributed by atoms with Gasteiger partial charge in [-0.3, -0.25) is 0 Å². The van der Waals surface area contributed by atoms with E-state index in [0.717, 1.165) is 50.1 Å². The summed E-state index contributed by atoms with van der Waals surface area (Å²) in [7, 11) is 0. The van der Waals surface area contributed by atoms with Crippen molar-refractivity contribution >= 4 is 39.0 Å². The Morgan fingerprint density at radius 1 is 0.377 bits per heavy atom. The van der Waals surface area contributed by atoms with Gasteiger partial charge >= 0.3 is 0 Å². The Morgan fingerprint density at radius 3 is 1.77 bits per heavy atom. The lowest BCUT2D eigenvalue weighted by molar-refractivity contribution is 0.660. The van der Waals surface area contributed by atoms with E-state index in [0.29, 0.717) is 0 Å². The topological polar surface area (TPSA) is 16.4 Å². The lowest BCUT2D eigenvalue weighted by Gasteiger charge is -2.27. The Morgan fingerprint density at radius 2 is 0.943 bits per heavy atom. The molecule has 2 nitrogen and oxygen atoms in total. The van der Waals surface area contributed by atoms with Gasteiger partial charge in [-0.05, 0) is 110 Å². The van der Waals surface area contributed by atoms with E-state index in [9.17, 15) is 0 Å². The lowest BCUT2D eigenvalue weighted by atomic mass is 9.82. The van der Waals surface area contributed by atoms with Gasteiger partial charge in [-0.15, -0.1) is 0 Å². The molecule has 0 N–H and O–H groups in total. The summed E-state index contributed by atoms with van der Waals surface area (Å²) in [6.45, 7) is 4.67. The average Bonchev–Trinajstić information content (AvgIpc) is 3.71. The quantitative estimate of drug-likeness (QED) is 0.174. The van der Waals surface area contributed by atoms with Gasteiger partial charge in [0.25, 0.3) is 0 Å². The van der Waals surface area contributed by atoms with Gasteiger partial charge in [-0.25, -0.2) is 0 Å². The molecule has 0 bridgehead atoms. The molecule has 2 heteroatoms. The van der Waals surface area contributed by atoms with Crippen LogP contribution in [-0.2, 0) is 5.41 Å². The third-order valence-electron chi connectivity index (χ3n) is 11.1. The number of benzene rings is 8. The van der Waals surface area contributed by atoms with Gasteiger partial charge in [0.15, 0.2) is 0 Å². The van der Waals surface area contributed by atoms with Crippen molar-refractivity contribution in [2.45, 2.75) is 19.3 Å².